The third-order valence-electron chi connectivity index (χ3n) is 4.35. The molecule has 1 aromatic carbocycles. The summed E-state index contributed by atoms with van der Waals surface area (Å²) in [6, 6.07) is 3.82. The van der Waals surface area contributed by atoms with Crippen molar-refractivity contribution >= 4 is 5.78 Å². The first-order chi connectivity index (χ1) is 11.1. The van der Waals surface area contributed by atoms with E-state index in [1.165, 1.54) is 0 Å². The number of rotatable bonds is 4. The molecule has 5 heteroatoms. The number of aromatic amines is 1. The fourth-order valence-corrected chi connectivity index (χ4v) is 3.33. The van der Waals surface area contributed by atoms with Crippen molar-refractivity contribution in [1.29, 1.82) is 0 Å². The summed E-state index contributed by atoms with van der Waals surface area (Å²) in [4.78, 5) is 15.6. The Morgan fingerprint density at radius 3 is 2.22 bits per heavy atom. The second kappa shape index (κ2) is 5.99. The molecule has 0 amide bonds. The van der Waals surface area contributed by atoms with Crippen LogP contribution in [0.15, 0.2) is 12.1 Å². The van der Waals surface area contributed by atoms with E-state index in [0.29, 0.717) is 23.7 Å². The zero-order chi connectivity index (χ0) is 16.6. The number of carbonyl (C=O) groups is 1. The van der Waals surface area contributed by atoms with Gasteiger partial charge in [0.05, 0.1) is 21.3 Å². The first-order valence-electron chi connectivity index (χ1n) is 7.65. The molecular weight excluding hydrogens is 294 g/mol. The van der Waals surface area contributed by atoms with E-state index >= 15 is 0 Å². The van der Waals surface area contributed by atoms with E-state index in [-0.39, 0.29) is 5.78 Å². The van der Waals surface area contributed by atoms with Gasteiger partial charge in [-0.15, -0.1) is 0 Å². The van der Waals surface area contributed by atoms with Gasteiger partial charge in [-0.25, -0.2) is 0 Å². The molecule has 0 saturated heterocycles. The Bertz CT molecular complexity index is 736. The van der Waals surface area contributed by atoms with Gasteiger partial charge in [-0.2, -0.15) is 0 Å². The lowest BCUT2D eigenvalue weighted by Gasteiger charge is -2.16. The van der Waals surface area contributed by atoms with Crippen LogP contribution in [0.3, 0.4) is 0 Å². The van der Waals surface area contributed by atoms with E-state index in [4.69, 9.17) is 14.2 Å². The number of carbonyl (C=O) groups excluding carboxylic acids is 1. The van der Waals surface area contributed by atoms with Gasteiger partial charge in [0.2, 0.25) is 5.75 Å². The maximum absolute atomic E-state index is 12.2. The van der Waals surface area contributed by atoms with Gasteiger partial charge in [-0.1, -0.05) is 0 Å². The maximum Gasteiger partial charge on any atom is 0.203 e. The Labute approximate surface area is 135 Å². The fraction of sp³-hybridized carbons (Fsp3) is 0.389. The summed E-state index contributed by atoms with van der Waals surface area (Å²) >= 11 is 0. The van der Waals surface area contributed by atoms with Crippen molar-refractivity contribution in [2.75, 3.05) is 21.3 Å². The minimum atomic E-state index is 0.221. The summed E-state index contributed by atoms with van der Waals surface area (Å²) in [5.41, 5.74) is 4.75. The van der Waals surface area contributed by atoms with Crippen LogP contribution in [-0.4, -0.2) is 32.1 Å². The summed E-state index contributed by atoms with van der Waals surface area (Å²) in [6.07, 6.45) is 2.42. The molecule has 1 N–H and O–H groups in total. The van der Waals surface area contributed by atoms with Crippen molar-refractivity contribution in [2.45, 2.75) is 26.2 Å². The minimum Gasteiger partial charge on any atom is -0.493 e. The molecule has 0 saturated carbocycles. The van der Waals surface area contributed by atoms with Crippen LogP contribution in [0, 0.1) is 6.92 Å². The Morgan fingerprint density at radius 2 is 1.65 bits per heavy atom. The van der Waals surface area contributed by atoms with Crippen LogP contribution < -0.4 is 14.2 Å². The molecule has 0 fully saturated rings. The molecule has 2 aromatic rings. The topological polar surface area (TPSA) is 60.6 Å². The van der Waals surface area contributed by atoms with E-state index in [1.807, 2.05) is 19.1 Å². The number of fused-ring (bicyclic) bond motifs is 1. The highest BCUT2D eigenvalue weighted by molar-refractivity contribution is 6.01. The van der Waals surface area contributed by atoms with Crippen LogP contribution >= 0.6 is 0 Å². The van der Waals surface area contributed by atoms with E-state index in [9.17, 15) is 4.79 Å². The Morgan fingerprint density at radius 1 is 1.00 bits per heavy atom. The number of nitrogens with one attached hydrogen (secondary N) is 1. The van der Waals surface area contributed by atoms with E-state index in [1.54, 1.807) is 21.3 Å². The van der Waals surface area contributed by atoms with Crippen LogP contribution in [0.25, 0.3) is 11.3 Å². The lowest BCUT2D eigenvalue weighted by atomic mass is 9.89. The molecule has 0 atom stereocenters. The predicted octanol–water partition coefficient (Wildman–Crippen LogP) is 3.53. The molecule has 1 aliphatic rings. The van der Waals surface area contributed by atoms with Crippen LogP contribution in [0.5, 0.6) is 17.2 Å². The van der Waals surface area contributed by atoms with Gasteiger partial charge >= 0.3 is 0 Å². The molecule has 1 aliphatic carbocycles. The average Bonchev–Trinajstić information content (AvgIpc) is 2.91. The summed E-state index contributed by atoms with van der Waals surface area (Å²) in [6.45, 7) is 1.95. The number of H-pyrrole nitrogens is 1. The average molecular weight is 315 g/mol. The highest BCUT2D eigenvalue weighted by Gasteiger charge is 2.26. The summed E-state index contributed by atoms with van der Waals surface area (Å²) in [7, 11) is 4.78. The summed E-state index contributed by atoms with van der Waals surface area (Å²) < 4.78 is 16.2. The molecule has 1 aromatic heterocycles. The number of benzene rings is 1. The minimum absolute atomic E-state index is 0.221. The smallest absolute Gasteiger partial charge is 0.203 e. The first kappa shape index (κ1) is 15.5. The lowest BCUT2D eigenvalue weighted by Crippen LogP contribution is -2.10. The van der Waals surface area contributed by atoms with Crippen molar-refractivity contribution < 1.29 is 19.0 Å². The molecule has 0 spiro atoms. The number of aryl methyl sites for hydroxylation is 1. The predicted molar refractivity (Wildman–Crippen MR) is 87.9 cm³/mol. The summed E-state index contributed by atoms with van der Waals surface area (Å²) in [5.74, 6) is 1.99. The van der Waals surface area contributed by atoms with Crippen molar-refractivity contribution in [3.05, 3.63) is 29.0 Å². The van der Waals surface area contributed by atoms with E-state index in [2.05, 4.69) is 4.98 Å². The third-order valence-corrected chi connectivity index (χ3v) is 4.35. The molecule has 23 heavy (non-hydrogen) atoms. The molecule has 0 aliphatic heterocycles. The summed E-state index contributed by atoms with van der Waals surface area (Å²) in [5, 5.41) is 0. The standard InChI is InChI=1S/C18H21NO4/c1-10-16-12(6-5-7-13(16)20)17(19-10)11-8-14(21-2)18(23-4)15(9-11)22-3/h8-9,19H,5-7H2,1-4H3. The number of hydrogen-bond acceptors (Lipinski definition) is 4. The number of ketones is 1. The molecular formula is C18H21NO4. The Hall–Kier alpha value is -2.43. The second-order valence-corrected chi connectivity index (χ2v) is 5.67. The van der Waals surface area contributed by atoms with Crippen LogP contribution in [0.2, 0.25) is 0 Å². The molecule has 0 bridgehead atoms. The molecule has 5 nitrogen and oxygen atoms in total. The monoisotopic (exact) mass is 315 g/mol. The van der Waals surface area contributed by atoms with Gasteiger partial charge in [0, 0.05) is 28.9 Å². The third kappa shape index (κ3) is 2.46. The first-order valence-corrected chi connectivity index (χ1v) is 7.65. The molecule has 1 heterocycles. The largest absolute Gasteiger partial charge is 0.493 e. The van der Waals surface area contributed by atoms with Gasteiger partial charge < -0.3 is 19.2 Å². The van der Waals surface area contributed by atoms with E-state index in [0.717, 1.165) is 40.9 Å². The molecule has 122 valence electrons. The van der Waals surface area contributed by atoms with Crippen LogP contribution in [-0.2, 0) is 6.42 Å². The van der Waals surface area contributed by atoms with Gasteiger partial charge in [-0.3, -0.25) is 4.79 Å². The molecule has 3 rings (SSSR count). The maximum atomic E-state index is 12.2. The highest BCUT2D eigenvalue weighted by atomic mass is 16.5. The number of methoxy groups -OCH3 is 3. The highest BCUT2D eigenvalue weighted by Crippen LogP contribution is 2.43. The van der Waals surface area contributed by atoms with E-state index < -0.39 is 0 Å². The van der Waals surface area contributed by atoms with Gasteiger partial charge in [0.1, 0.15) is 0 Å². The van der Waals surface area contributed by atoms with Gasteiger partial charge in [0.25, 0.3) is 0 Å². The molecule has 0 radical (unpaired) electrons. The molecule has 0 unspecified atom stereocenters. The zero-order valence-electron chi connectivity index (χ0n) is 13.9. The number of hydrogen-bond donors (Lipinski definition) is 1. The SMILES string of the molecule is COc1cc(-c2[nH]c(C)c3c2CCCC3=O)cc(OC)c1OC. The second-order valence-electron chi connectivity index (χ2n) is 5.67. The van der Waals surface area contributed by atoms with Crippen LogP contribution in [0.1, 0.15) is 34.5 Å². The Balaban J connectivity index is 2.20. The Kier molecular flexibility index (Phi) is 4.03. The van der Waals surface area contributed by atoms with Crippen LogP contribution in [0.4, 0.5) is 0 Å². The van der Waals surface area contributed by atoms with Crippen molar-refractivity contribution in [1.82, 2.24) is 4.98 Å². The zero-order valence-corrected chi connectivity index (χ0v) is 13.9. The van der Waals surface area contributed by atoms with Gasteiger partial charge in [-0.05, 0) is 37.5 Å². The quantitative estimate of drug-likeness (QED) is 0.937. The van der Waals surface area contributed by atoms with Crippen molar-refractivity contribution in [3.8, 4) is 28.5 Å². The lowest BCUT2D eigenvalue weighted by molar-refractivity contribution is 0.0972. The van der Waals surface area contributed by atoms with Crippen molar-refractivity contribution in [3.63, 3.8) is 0 Å². The van der Waals surface area contributed by atoms with Gasteiger partial charge in [0.15, 0.2) is 17.3 Å². The van der Waals surface area contributed by atoms with Crippen molar-refractivity contribution in [2.24, 2.45) is 0 Å². The number of ether oxygens (including phenoxy) is 3. The number of aromatic nitrogens is 1. The number of Topliss-reactive ketones (excluding diaryl/α,β-unsaturated/α-hetero) is 1. The fourth-order valence-electron chi connectivity index (χ4n) is 3.33. The normalized spacial score (nSPS) is 13.7.